The van der Waals surface area contributed by atoms with E-state index in [1.807, 2.05) is 0 Å². The number of nitrogens with zero attached hydrogens (tertiary/aromatic N) is 2. The molecule has 1 amide bonds. The van der Waals surface area contributed by atoms with Gasteiger partial charge in [0, 0.05) is 31.7 Å². The van der Waals surface area contributed by atoms with Gasteiger partial charge in [0.05, 0.1) is 7.11 Å². The number of methoxy groups -OCH3 is 1. The zero-order chi connectivity index (χ0) is 18.4. The van der Waals surface area contributed by atoms with Crippen LogP contribution >= 0.6 is 0 Å². The summed E-state index contributed by atoms with van der Waals surface area (Å²) in [6.45, 7) is 8.97. The Labute approximate surface area is 149 Å². The van der Waals surface area contributed by atoms with Crippen LogP contribution in [0.4, 0.5) is 0 Å². The van der Waals surface area contributed by atoms with E-state index in [1.54, 1.807) is 18.2 Å². The normalized spacial score (nSPS) is 14.9. The van der Waals surface area contributed by atoms with E-state index in [0.29, 0.717) is 31.7 Å². The highest BCUT2D eigenvalue weighted by molar-refractivity contribution is 7.89. The van der Waals surface area contributed by atoms with Crippen molar-refractivity contribution in [2.75, 3.05) is 33.3 Å². The Hall–Kier alpha value is -2.12. The van der Waals surface area contributed by atoms with Gasteiger partial charge in [-0.1, -0.05) is 12.2 Å². The van der Waals surface area contributed by atoms with Gasteiger partial charge in [-0.2, -0.15) is 4.31 Å². The van der Waals surface area contributed by atoms with E-state index in [0.717, 1.165) is 12.8 Å². The van der Waals surface area contributed by atoms with Gasteiger partial charge in [-0.25, -0.2) is 8.42 Å². The zero-order valence-corrected chi connectivity index (χ0v) is 15.3. The monoisotopic (exact) mass is 364 g/mol. The van der Waals surface area contributed by atoms with Crippen LogP contribution in [0.1, 0.15) is 23.2 Å². The number of benzene rings is 1. The molecule has 0 N–H and O–H groups in total. The molecular weight excluding hydrogens is 340 g/mol. The van der Waals surface area contributed by atoms with Crippen molar-refractivity contribution in [1.29, 1.82) is 0 Å². The Kier molecular flexibility index (Phi) is 6.39. The van der Waals surface area contributed by atoms with Gasteiger partial charge in [-0.15, -0.1) is 13.2 Å². The quantitative estimate of drug-likeness (QED) is 0.664. The van der Waals surface area contributed by atoms with Crippen LogP contribution in [0.3, 0.4) is 0 Å². The molecule has 0 unspecified atom stereocenters. The van der Waals surface area contributed by atoms with Crippen LogP contribution in [-0.2, 0) is 10.0 Å². The number of sulfonamides is 1. The predicted octanol–water partition coefficient (Wildman–Crippen LogP) is 2.29. The number of ether oxygens (including phenoxy) is 1. The molecule has 136 valence electrons. The third-order valence-corrected chi connectivity index (χ3v) is 6.00. The largest absolute Gasteiger partial charge is 0.495 e. The fourth-order valence-electron chi connectivity index (χ4n) is 2.81. The number of hydrogen-bond acceptors (Lipinski definition) is 4. The molecule has 0 radical (unpaired) electrons. The molecule has 1 aromatic carbocycles. The molecular formula is C18H24N2O4S. The van der Waals surface area contributed by atoms with Gasteiger partial charge < -0.3 is 9.64 Å². The standard InChI is InChI=1S/C18H24N2O4S/c1-4-10-19(11-5-2)18(21)15-8-9-16(24-3)17(14-15)25(22,23)20-12-6-7-13-20/h4-5,8-9,14H,1-2,6-7,10-13H2,3H3. The summed E-state index contributed by atoms with van der Waals surface area (Å²) >= 11 is 0. The molecule has 1 heterocycles. The van der Waals surface area contributed by atoms with Crippen molar-refractivity contribution in [3.63, 3.8) is 0 Å². The van der Waals surface area contributed by atoms with Crippen LogP contribution < -0.4 is 4.74 Å². The van der Waals surface area contributed by atoms with Crippen LogP contribution in [0, 0.1) is 0 Å². The molecule has 0 aromatic heterocycles. The third-order valence-electron chi connectivity index (χ3n) is 4.08. The average Bonchev–Trinajstić information content (AvgIpc) is 3.16. The van der Waals surface area contributed by atoms with E-state index in [-0.39, 0.29) is 16.6 Å². The lowest BCUT2D eigenvalue weighted by Crippen LogP contribution is -2.32. The van der Waals surface area contributed by atoms with Crippen molar-refractivity contribution in [1.82, 2.24) is 9.21 Å². The maximum atomic E-state index is 12.9. The lowest BCUT2D eigenvalue weighted by Gasteiger charge is -2.21. The van der Waals surface area contributed by atoms with Crippen LogP contribution in [-0.4, -0.2) is 56.8 Å². The Morgan fingerprint density at radius 2 is 1.84 bits per heavy atom. The molecule has 0 aliphatic carbocycles. The maximum absolute atomic E-state index is 12.9. The van der Waals surface area contributed by atoms with Crippen LogP contribution in [0.5, 0.6) is 5.75 Å². The molecule has 1 aliphatic heterocycles. The van der Waals surface area contributed by atoms with Gasteiger partial charge in [0.15, 0.2) is 0 Å². The summed E-state index contributed by atoms with van der Waals surface area (Å²) in [4.78, 5) is 14.3. The molecule has 7 heteroatoms. The van der Waals surface area contributed by atoms with Gasteiger partial charge in [-0.05, 0) is 31.0 Å². The number of carbonyl (C=O) groups is 1. The number of rotatable bonds is 8. The second-order valence-electron chi connectivity index (χ2n) is 5.76. The molecule has 0 spiro atoms. The van der Waals surface area contributed by atoms with Gasteiger partial charge in [0.25, 0.3) is 5.91 Å². The van der Waals surface area contributed by atoms with Crippen LogP contribution in [0.15, 0.2) is 48.4 Å². The molecule has 2 rings (SSSR count). The predicted molar refractivity (Wildman–Crippen MR) is 97.3 cm³/mol. The number of carbonyl (C=O) groups excluding carboxylic acids is 1. The number of hydrogen-bond donors (Lipinski definition) is 0. The minimum atomic E-state index is -3.69. The summed E-state index contributed by atoms with van der Waals surface area (Å²) in [6.07, 6.45) is 4.92. The molecule has 1 fully saturated rings. The van der Waals surface area contributed by atoms with Crippen molar-refractivity contribution < 1.29 is 17.9 Å². The SMILES string of the molecule is C=CCN(CC=C)C(=O)c1ccc(OC)c(S(=O)(=O)N2CCCC2)c1. The van der Waals surface area contributed by atoms with E-state index in [1.165, 1.54) is 28.4 Å². The summed E-state index contributed by atoms with van der Waals surface area (Å²) in [5.74, 6) is -0.0391. The zero-order valence-electron chi connectivity index (χ0n) is 14.5. The van der Waals surface area contributed by atoms with Crippen molar-refractivity contribution in [3.05, 3.63) is 49.1 Å². The van der Waals surface area contributed by atoms with Gasteiger partial charge in [0.1, 0.15) is 10.6 Å². The maximum Gasteiger partial charge on any atom is 0.254 e. The third kappa shape index (κ3) is 4.11. The van der Waals surface area contributed by atoms with E-state index in [9.17, 15) is 13.2 Å². The molecule has 0 bridgehead atoms. The summed E-state index contributed by atoms with van der Waals surface area (Å²) in [6, 6.07) is 4.49. The molecule has 6 nitrogen and oxygen atoms in total. The second kappa shape index (κ2) is 8.31. The van der Waals surface area contributed by atoms with E-state index in [2.05, 4.69) is 13.2 Å². The second-order valence-corrected chi connectivity index (χ2v) is 7.67. The highest BCUT2D eigenvalue weighted by Crippen LogP contribution is 2.30. The Morgan fingerprint density at radius 1 is 1.24 bits per heavy atom. The summed E-state index contributed by atoms with van der Waals surface area (Å²) in [5, 5.41) is 0. The average molecular weight is 364 g/mol. The molecule has 1 saturated heterocycles. The van der Waals surface area contributed by atoms with Crippen molar-refractivity contribution in [2.24, 2.45) is 0 Å². The lowest BCUT2D eigenvalue weighted by molar-refractivity contribution is 0.0790. The Balaban J connectivity index is 2.44. The van der Waals surface area contributed by atoms with Crippen molar-refractivity contribution in [3.8, 4) is 5.75 Å². The summed E-state index contributed by atoms with van der Waals surface area (Å²) < 4.78 is 32.5. The minimum Gasteiger partial charge on any atom is -0.495 e. The van der Waals surface area contributed by atoms with Crippen LogP contribution in [0.25, 0.3) is 0 Å². The first-order valence-corrected chi connectivity index (χ1v) is 9.59. The highest BCUT2D eigenvalue weighted by Gasteiger charge is 2.31. The highest BCUT2D eigenvalue weighted by atomic mass is 32.2. The molecule has 1 aromatic rings. The van der Waals surface area contributed by atoms with Crippen molar-refractivity contribution >= 4 is 15.9 Å². The molecule has 0 atom stereocenters. The summed E-state index contributed by atoms with van der Waals surface area (Å²) in [5.41, 5.74) is 0.294. The van der Waals surface area contributed by atoms with Crippen LogP contribution in [0.2, 0.25) is 0 Å². The smallest absolute Gasteiger partial charge is 0.254 e. The Morgan fingerprint density at radius 3 is 2.36 bits per heavy atom. The van der Waals surface area contributed by atoms with Gasteiger partial charge in [0.2, 0.25) is 10.0 Å². The van der Waals surface area contributed by atoms with E-state index < -0.39 is 10.0 Å². The minimum absolute atomic E-state index is 0.0277. The molecule has 1 aliphatic rings. The van der Waals surface area contributed by atoms with Crippen molar-refractivity contribution in [2.45, 2.75) is 17.7 Å². The first kappa shape index (κ1) is 19.2. The van der Waals surface area contributed by atoms with Gasteiger partial charge >= 0.3 is 0 Å². The fourth-order valence-corrected chi connectivity index (χ4v) is 4.51. The first-order valence-electron chi connectivity index (χ1n) is 8.15. The van der Waals surface area contributed by atoms with E-state index in [4.69, 9.17) is 4.74 Å². The molecule has 0 saturated carbocycles. The number of amides is 1. The molecule has 25 heavy (non-hydrogen) atoms. The fraction of sp³-hybridized carbons (Fsp3) is 0.389. The van der Waals surface area contributed by atoms with E-state index >= 15 is 0 Å². The topological polar surface area (TPSA) is 66.9 Å². The Bertz CT molecular complexity index is 742. The lowest BCUT2D eigenvalue weighted by atomic mass is 10.2. The van der Waals surface area contributed by atoms with Gasteiger partial charge in [-0.3, -0.25) is 4.79 Å². The summed E-state index contributed by atoms with van der Waals surface area (Å²) in [7, 11) is -2.27. The first-order chi connectivity index (χ1) is 12.0.